The molecule has 0 aliphatic carbocycles. The van der Waals surface area contributed by atoms with Gasteiger partial charge in [0.2, 0.25) is 0 Å². The monoisotopic (exact) mass is 780 g/mol. The van der Waals surface area contributed by atoms with Gasteiger partial charge < -0.3 is 13.4 Å². The van der Waals surface area contributed by atoms with Gasteiger partial charge in [0.25, 0.3) is 0 Å². The minimum atomic E-state index is 0.532. The highest BCUT2D eigenvalue weighted by Crippen LogP contribution is 2.43. The predicted octanol–water partition coefficient (Wildman–Crippen LogP) is 14.6. The molecular weight excluding hydrogens is 749 g/mol. The van der Waals surface area contributed by atoms with Crippen LogP contribution >= 0.6 is 0 Å². The summed E-state index contributed by atoms with van der Waals surface area (Å²) in [6, 6.07) is 67.5. The van der Waals surface area contributed by atoms with Gasteiger partial charge in [0.05, 0.1) is 16.6 Å². The zero-order valence-corrected chi connectivity index (χ0v) is 32.6. The van der Waals surface area contributed by atoms with Crippen LogP contribution in [0.5, 0.6) is 0 Å². The van der Waals surface area contributed by atoms with Crippen LogP contribution < -0.4 is 0 Å². The third kappa shape index (κ3) is 5.19. The lowest BCUT2D eigenvalue weighted by molar-refractivity contribution is 0.669. The van der Waals surface area contributed by atoms with Crippen LogP contribution in [0, 0.1) is 0 Å². The first-order valence-corrected chi connectivity index (χ1v) is 20.4. The van der Waals surface area contributed by atoms with E-state index in [-0.39, 0.29) is 0 Å². The van der Waals surface area contributed by atoms with Gasteiger partial charge in [-0.15, -0.1) is 0 Å². The van der Waals surface area contributed by atoms with Crippen LogP contribution in [0.3, 0.4) is 0 Å². The Hall–Kier alpha value is -8.35. The number of furan rings is 2. The fourth-order valence-electron chi connectivity index (χ4n) is 9.28. The molecule has 0 aliphatic rings. The summed E-state index contributed by atoms with van der Waals surface area (Å²) in [5, 5.41) is 8.96. The first-order valence-electron chi connectivity index (χ1n) is 20.4. The Morgan fingerprint density at radius 3 is 1.82 bits per heavy atom. The minimum absolute atomic E-state index is 0.532. The zero-order valence-electron chi connectivity index (χ0n) is 32.6. The molecule has 61 heavy (non-hydrogen) atoms. The Bertz CT molecular complexity index is 3900. The molecular formula is C55H32N4O2. The van der Waals surface area contributed by atoms with Crippen LogP contribution in [0.15, 0.2) is 203 Å². The molecule has 0 unspecified atom stereocenters. The molecule has 0 aliphatic heterocycles. The van der Waals surface area contributed by atoms with E-state index < -0.39 is 0 Å². The number of fused-ring (bicyclic) bond motifs is 10. The van der Waals surface area contributed by atoms with Gasteiger partial charge in [0.15, 0.2) is 17.5 Å². The van der Waals surface area contributed by atoms with Gasteiger partial charge in [-0.2, -0.15) is 0 Å². The van der Waals surface area contributed by atoms with E-state index in [1.165, 1.54) is 21.5 Å². The Kier molecular flexibility index (Phi) is 7.21. The standard InChI is InChI=1S/C55H32N4O2/c1-2-14-33(15-3-1)53-56-54(58-55(57-53)43-23-12-22-40-38-19-7-10-25-48(38)61-52(40)43)41-29-28-36(32-44(41)39-21-13-27-50-51(39)42-20-8-11-26-49(42)60-50)59-46-24-9-6-18-37(46)45-30-34-16-4-5-17-35(34)31-47(45)59/h1-32H. The Morgan fingerprint density at radius 1 is 0.344 bits per heavy atom. The van der Waals surface area contributed by atoms with E-state index in [0.717, 1.165) is 88.4 Å². The molecule has 13 rings (SSSR count). The fourth-order valence-corrected chi connectivity index (χ4v) is 9.28. The van der Waals surface area contributed by atoms with Crippen molar-refractivity contribution >= 4 is 76.5 Å². The van der Waals surface area contributed by atoms with E-state index in [1.54, 1.807) is 0 Å². The van der Waals surface area contributed by atoms with Crippen molar-refractivity contribution in [1.82, 2.24) is 19.5 Å². The molecule has 13 aromatic rings. The van der Waals surface area contributed by atoms with Gasteiger partial charge in [-0.3, -0.25) is 0 Å². The van der Waals surface area contributed by atoms with Crippen LogP contribution in [-0.2, 0) is 0 Å². The number of aromatic nitrogens is 4. The molecule has 0 N–H and O–H groups in total. The van der Waals surface area contributed by atoms with Crippen molar-refractivity contribution in [2.45, 2.75) is 0 Å². The van der Waals surface area contributed by atoms with Gasteiger partial charge in [0, 0.05) is 49.1 Å². The number of rotatable bonds is 5. The SMILES string of the molecule is c1ccc(-c2nc(-c3ccc(-n4c5ccccc5c5cc6ccccc6cc54)cc3-c3cccc4oc5ccccc5c34)nc(-c3cccc4c3oc3ccccc34)n2)cc1. The van der Waals surface area contributed by atoms with Gasteiger partial charge in [0.1, 0.15) is 22.3 Å². The van der Waals surface area contributed by atoms with Crippen molar-refractivity contribution in [3.63, 3.8) is 0 Å². The van der Waals surface area contributed by atoms with Crippen LogP contribution in [0.2, 0.25) is 0 Å². The van der Waals surface area contributed by atoms with Crippen molar-refractivity contribution in [3.05, 3.63) is 194 Å². The zero-order chi connectivity index (χ0) is 40.0. The molecule has 284 valence electrons. The highest BCUT2D eigenvalue weighted by atomic mass is 16.3. The number of nitrogens with zero attached hydrogens (tertiary/aromatic N) is 4. The van der Waals surface area contributed by atoms with Gasteiger partial charge >= 0.3 is 0 Å². The summed E-state index contributed by atoms with van der Waals surface area (Å²) in [7, 11) is 0. The van der Waals surface area contributed by atoms with Crippen molar-refractivity contribution < 1.29 is 8.83 Å². The lowest BCUT2D eigenvalue weighted by atomic mass is 9.94. The minimum Gasteiger partial charge on any atom is -0.456 e. The van der Waals surface area contributed by atoms with Crippen molar-refractivity contribution in [2.75, 3.05) is 0 Å². The average molecular weight is 781 g/mol. The van der Waals surface area contributed by atoms with Crippen LogP contribution in [0.25, 0.3) is 127 Å². The number of benzene rings is 9. The van der Waals surface area contributed by atoms with Crippen LogP contribution in [0.4, 0.5) is 0 Å². The molecule has 0 amide bonds. The fraction of sp³-hybridized carbons (Fsp3) is 0. The molecule has 4 heterocycles. The summed E-state index contributed by atoms with van der Waals surface area (Å²) < 4.78 is 15.4. The molecule has 9 aromatic carbocycles. The summed E-state index contributed by atoms with van der Waals surface area (Å²) in [5.41, 5.74) is 11.1. The molecule has 0 radical (unpaired) electrons. The van der Waals surface area contributed by atoms with Gasteiger partial charge in [-0.05, 0) is 82.6 Å². The summed E-state index contributed by atoms with van der Waals surface area (Å²) in [6.07, 6.45) is 0. The second-order valence-corrected chi connectivity index (χ2v) is 15.5. The Labute approximate surface area is 348 Å². The van der Waals surface area contributed by atoms with Crippen molar-refractivity contribution in [1.29, 1.82) is 0 Å². The van der Waals surface area contributed by atoms with E-state index in [0.29, 0.717) is 17.5 Å². The molecule has 0 saturated heterocycles. The number of hydrogen-bond acceptors (Lipinski definition) is 5. The lowest BCUT2D eigenvalue weighted by Crippen LogP contribution is -2.02. The van der Waals surface area contributed by atoms with E-state index >= 15 is 0 Å². The maximum Gasteiger partial charge on any atom is 0.167 e. The normalized spacial score (nSPS) is 11.9. The van der Waals surface area contributed by atoms with E-state index in [4.69, 9.17) is 23.8 Å². The van der Waals surface area contributed by atoms with Crippen LogP contribution in [0.1, 0.15) is 0 Å². The lowest BCUT2D eigenvalue weighted by Gasteiger charge is -2.16. The Balaban J connectivity index is 1.12. The second kappa shape index (κ2) is 13.1. The summed E-state index contributed by atoms with van der Waals surface area (Å²) in [4.78, 5) is 15.8. The highest BCUT2D eigenvalue weighted by molar-refractivity contribution is 6.16. The number of para-hydroxylation sites is 4. The molecule has 6 nitrogen and oxygen atoms in total. The molecule has 0 spiro atoms. The first-order chi connectivity index (χ1) is 30.2. The maximum atomic E-state index is 6.54. The van der Waals surface area contributed by atoms with Crippen molar-refractivity contribution in [2.24, 2.45) is 0 Å². The molecule has 0 fully saturated rings. The van der Waals surface area contributed by atoms with Crippen molar-refractivity contribution in [3.8, 4) is 51.0 Å². The smallest absolute Gasteiger partial charge is 0.167 e. The third-order valence-corrected chi connectivity index (χ3v) is 12.0. The summed E-state index contributed by atoms with van der Waals surface area (Å²) in [6.45, 7) is 0. The molecule has 0 atom stereocenters. The molecule has 6 heteroatoms. The van der Waals surface area contributed by atoms with E-state index in [1.807, 2.05) is 78.9 Å². The predicted molar refractivity (Wildman–Crippen MR) is 248 cm³/mol. The Morgan fingerprint density at radius 2 is 0.967 bits per heavy atom. The highest BCUT2D eigenvalue weighted by Gasteiger charge is 2.23. The quantitative estimate of drug-likeness (QED) is 0.174. The molecule has 0 saturated carbocycles. The van der Waals surface area contributed by atoms with Gasteiger partial charge in [-0.25, -0.2) is 15.0 Å². The second-order valence-electron chi connectivity index (χ2n) is 15.5. The summed E-state index contributed by atoms with van der Waals surface area (Å²) >= 11 is 0. The third-order valence-electron chi connectivity index (χ3n) is 12.0. The molecule has 0 bridgehead atoms. The average Bonchev–Trinajstić information content (AvgIpc) is 4.00. The number of hydrogen-bond donors (Lipinski definition) is 0. The largest absolute Gasteiger partial charge is 0.456 e. The maximum absolute atomic E-state index is 6.54. The van der Waals surface area contributed by atoms with Crippen LogP contribution in [-0.4, -0.2) is 19.5 Å². The molecule has 4 aromatic heterocycles. The first kappa shape index (κ1) is 33.6. The topological polar surface area (TPSA) is 69.9 Å². The van der Waals surface area contributed by atoms with E-state index in [9.17, 15) is 0 Å². The van der Waals surface area contributed by atoms with Gasteiger partial charge in [-0.1, -0.05) is 133 Å². The van der Waals surface area contributed by atoms with E-state index in [2.05, 4.69) is 120 Å². The summed E-state index contributed by atoms with van der Waals surface area (Å²) in [5.74, 6) is 1.66.